The van der Waals surface area contributed by atoms with E-state index < -0.39 is 10.0 Å². The standard InChI is InChI=1S/C21H28N4O3S/c1-3-29(27,28)23-19-8-6-18(7-9-19)21(26)22-16-17-4-10-20(11-5-17)25-14-12-24(2)13-15-25/h4-11,23H,3,12-16H2,1-2H3,(H,22,26). The minimum Gasteiger partial charge on any atom is -0.369 e. The first kappa shape index (κ1) is 21.1. The zero-order valence-electron chi connectivity index (χ0n) is 16.9. The van der Waals surface area contributed by atoms with Gasteiger partial charge >= 0.3 is 0 Å². The van der Waals surface area contributed by atoms with E-state index in [4.69, 9.17) is 0 Å². The fourth-order valence-electron chi connectivity index (χ4n) is 3.12. The third-order valence-electron chi connectivity index (χ3n) is 5.06. The van der Waals surface area contributed by atoms with Crippen LogP contribution < -0.4 is 14.9 Å². The SMILES string of the molecule is CCS(=O)(=O)Nc1ccc(C(=O)NCc2ccc(N3CCN(C)CC3)cc2)cc1. The van der Waals surface area contributed by atoms with Gasteiger partial charge in [-0.25, -0.2) is 8.42 Å². The highest BCUT2D eigenvalue weighted by Gasteiger charge is 2.14. The summed E-state index contributed by atoms with van der Waals surface area (Å²) in [4.78, 5) is 17.0. The van der Waals surface area contributed by atoms with Gasteiger partial charge in [-0.15, -0.1) is 0 Å². The van der Waals surface area contributed by atoms with Crippen molar-refractivity contribution in [1.29, 1.82) is 0 Å². The monoisotopic (exact) mass is 416 g/mol. The molecule has 1 fully saturated rings. The van der Waals surface area contributed by atoms with Crippen molar-refractivity contribution in [3.05, 3.63) is 59.7 Å². The van der Waals surface area contributed by atoms with Crippen LogP contribution in [-0.4, -0.2) is 58.2 Å². The average molecular weight is 417 g/mol. The molecule has 1 saturated heterocycles. The maximum Gasteiger partial charge on any atom is 0.251 e. The van der Waals surface area contributed by atoms with E-state index in [-0.39, 0.29) is 11.7 Å². The van der Waals surface area contributed by atoms with Gasteiger partial charge < -0.3 is 15.1 Å². The minimum atomic E-state index is -3.32. The fraction of sp³-hybridized carbons (Fsp3) is 0.381. The molecule has 156 valence electrons. The summed E-state index contributed by atoms with van der Waals surface area (Å²) in [7, 11) is -1.18. The number of carbonyl (C=O) groups excluding carboxylic acids is 1. The van der Waals surface area contributed by atoms with Crippen molar-refractivity contribution < 1.29 is 13.2 Å². The first-order valence-corrected chi connectivity index (χ1v) is 11.4. The van der Waals surface area contributed by atoms with E-state index in [0.717, 1.165) is 31.7 Å². The maximum atomic E-state index is 12.4. The van der Waals surface area contributed by atoms with Crippen LogP contribution in [0.15, 0.2) is 48.5 Å². The van der Waals surface area contributed by atoms with Gasteiger partial charge in [0.25, 0.3) is 5.91 Å². The van der Waals surface area contributed by atoms with Gasteiger partial charge in [-0.2, -0.15) is 0 Å². The molecule has 0 spiro atoms. The smallest absolute Gasteiger partial charge is 0.251 e. The molecule has 0 bridgehead atoms. The van der Waals surface area contributed by atoms with Gasteiger partial charge in [-0.05, 0) is 55.9 Å². The molecule has 1 heterocycles. The molecular weight excluding hydrogens is 388 g/mol. The Balaban J connectivity index is 1.52. The number of amides is 1. The Hall–Kier alpha value is -2.58. The highest BCUT2D eigenvalue weighted by Crippen LogP contribution is 2.17. The van der Waals surface area contributed by atoms with Crippen molar-refractivity contribution in [3.8, 4) is 0 Å². The lowest BCUT2D eigenvalue weighted by atomic mass is 10.1. The summed E-state index contributed by atoms with van der Waals surface area (Å²) in [6.45, 7) is 6.19. The minimum absolute atomic E-state index is 0.00281. The van der Waals surface area contributed by atoms with Gasteiger partial charge in [0, 0.05) is 49.7 Å². The molecule has 2 N–H and O–H groups in total. The zero-order valence-corrected chi connectivity index (χ0v) is 17.7. The Bertz CT molecular complexity index is 919. The summed E-state index contributed by atoms with van der Waals surface area (Å²) in [6, 6.07) is 14.7. The number of sulfonamides is 1. The second-order valence-electron chi connectivity index (χ2n) is 7.22. The number of nitrogens with zero attached hydrogens (tertiary/aromatic N) is 2. The van der Waals surface area contributed by atoms with Crippen LogP contribution in [0.25, 0.3) is 0 Å². The van der Waals surface area contributed by atoms with Gasteiger partial charge in [-0.3, -0.25) is 9.52 Å². The summed E-state index contributed by atoms with van der Waals surface area (Å²) in [5.74, 6) is -0.193. The van der Waals surface area contributed by atoms with E-state index >= 15 is 0 Å². The molecule has 3 rings (SSSR count). The Morgan fingerprint density at radius 1 is 0.966 bits per heavy atom. The van der Waals surface area contributed by atoms with Crippen molar-refractivity contribution >= 4 is 27.3 Å². The Labute approximate surface area is 172 Å². The topological polar surface area (TPSA) is 81.7 Å². The summed E-state index contributed by atoms with van der Waals surface area (Å²) in [6.07, 6.45) is 0. The first-order chi connectivity index (χ1) is 13.9. The van der Waals surface area contributed by atoms with E-state index in [0.29, 0.717) is 17.8 Å². The molecule has 0 aliphatic carbocycles. The Morgan fingerprint density at radius 2 is 1.59 bits per heavy atom. The summed E-state index contributed by atoms with van der Waals surface area (Å²) in [5.41, 5.74) is 3.17. The molecule has 7 nitrogen and oxygen atoms in total. The number of hydrogen-bond acceptors (Lipinski definition) is 5. The van der Waals surface area contributed by atoms with Crippen LogP contribution in [0.1, 0.15) is 22.8 Å². The van der Waals surface area contributed by atoms with Crippen LogP contribution in [0.2, 0.25) is 0 Å². The quantitative estimate of drug-likeness (QED) is 0.723. The lowest BCUT2D eigenvalue weighted by Gasteiger charge is -2.34. The predicted octanol–water partition coefficient (Wildman–Crippen LogP) is 2.13. The molecule has 2 aromatic carbocycles. The molecular formula is C21H28N4O3S. The van der Waals surface area contributed by atoms with E-state index in [1.54, 1.807) is 31.2 Å². The van der Waals surface area contributed by atoms with Crippen LogP contribution >= 0.6 is 0 Å². The summed E-state index contributed by atoms with van der Waals surface area (Å²) >= 11 is 0. The lowest BCUT2D eigenvalue weighted by Crippen LogP contribution is -2.44. The number of rotatable bonds is 7. The van der Waals surface area contributed by atoms with Crippen molar-refractivity contribution in [3.63, 3.8) is 0 Å². The zero-order chi connectivity index (χ0) is 20.9. The largest absolute Gasteiger partial charge is 0.369 e. The molecule has 1 amide bonds. The van der Waals surface area contributed by atoms with Gasteiger partial charge in [0.15, 0.2) is 0 Å². The third-order valence-corrected chi connectivity index (χ3v) is 6.37. The Kier molecular flexibility index (Phi) is 6.76. The average Bonchev–Trinajstić information content (AvgIpc) is 2.73. The van der Waals surface area contributed by atoms with Crippen LogP contribution in [-0.2, 0) is 16.6 Å². The van der Waals surface area contributed by atoms with E-state index in [1.807, 2.05) is 12.1 Å². The number of benzene rings is 2. The van der Waals surface area contributed by atoms with Crippen molar-refractivity contribution in [1.82, 2.24) is 10.2 Å². The van der Waals surface area contributed by atoms with Gasteiger partial charge in [0.1, 0.15) is 0 Å². The van der Waals surface area contributed by atoms with E-state index in [2.05, 4.69) is 39.0 Å². The molecule has 0 aromatic heterocycles. The van der Waals surface area contributed by atoms with Crippen LogP contribution in [0, 0.1) is 0 Å². The second kappa shape index (κ2) is 9.28. The van der Waals surface area contributed by atoms with E-state index in [1.165, 1.54) is 5.69 Å². The molecule has 1 aliphatic rings. The number of nitrogens with one attached hydrogen (secondary N) is 2. The summed E-state index contributed by atoms with van der Waals surface area (Å²) in [5, 5.41) is 2.90. The van der Waals surface area contributed by atoms with Crippen molar-refractivity contribution in [2.24, 2.45) is 0 Å². The highest BCUT2D eigenvalue weighted by molar-refractivity contribution is 7.92. The van der Waals surface area contributed by atoms with Gasteiger partial charge in [0.05, 0.1) is 5.75 Å². The van der Waals surface area contributed by atoms with Crippen molar-refractivity contribution in [2.45, 2.75) is 13.5 Å². The molecule has 1 aliphatic heterocycles. The first-order valence-electron chi connectivity index (χ1n) is 9.77. The van der Waals surface area contributed by atoms with Gasteiger partial charge in [0.2, 0.25) is 10.0 Å². The number of anilines is 2. The molecule has 8 heteroatoms. The van der Waals surface area contributed by atoms with Crippen LogP contribution in [0.4, 0.5) is 11.4 Å². The summed E-state index contributed by atoms with van der Waals surface area (Å²) < 4.78 is 25.6. The number of hydrogen-bond donors (Lipinski definition) is 2. The number of carbonyl (C=O) groups is 1. The molecule has 0 atom stereocenters. The van der Waals surface area contributed by atoms with Crippen molar-refractivity contribution in [2.75, 3.05) is 48.6 Å². The fourth-order valence-corrected chi connectivity index (χ4v) is 3.75. The number of likely N-dealkylation sites (N-methyl/N-ethyl adjacent to an activating group) is 1. The van der Waals surface area contributed by atoms with Crippen LogP contribution in [0.3, 0.4) is 0 Å². The molecule has 0 radical (unpaired) electrons. The van der Waals surface area contributed by atoms with Gasteiger partial charge in [-0.1, -0.05) is 12.1 Å². The van der Waals surface area contributed by atoms with E-state index in [9.17, 15) is 13.2 Å². The number of piperazine rings is 1. The molecule has 2 aromatic rings. The van der Waals surface area contributed by atoms with Crippen LogP contribution in [0.5, 0.6) is 0 Å². The Morgan fingerprint density at radius 3 is 2.17 bits per heavy atom. The second-order valence-corrected chi connectivity index (χ2v) is 9.23. The predicted molar refractivity (Wildman–Crippen MR) is 117 cm³/mol. The molecule has 0 saturated carbocycles. The highest BCUT2D eigenvalue weighted by atomic mass is 32.2. The normalized spacial score (nSPS) is 15.2. The third kappa shape index (κ3) is 5.95. The molecule has 0 unspecified atom stereocenters. The molecule has 29 heavy (non-hydrogen) atoms. The maximum absolute atomic E-state index is 12.4. The lowest BCUT2D eigenvalue weighted by molar-refractivity contribution is 0.0951.